The minimum atomic E-state index is -0.532. The van der Waals surface area contributed by atoms with Gasteiger partial charge in [0, 0.05) is 23.7 Å². The molecule has 2 aromatic heterocycles. The molecule has 8 atom stereocenters. The van der Waals surface area contributed by atoms with Crippen molar-refractivity contribution in [2.24, 2.45) is 35.0 Å². The van der Waals surface area contributed by atoms with Crippen molar-refractivity contribution in [3.63, 3.8) is 0 Å². The monoisotopic (exact) mass is 481 g/mol. The molecule has 3 fully saturated rings. The van der Waals surface area contributed by atoms with Crippen LogP contribution in [0.1, 0.15) is 85.0 Å². The van der Waals surface area contributed by atoms with Gasteiger partial charge in [-0.2, -0.15) is 5.10 Å². The fourth-order valence-electron chi connectivity index (χ4n) is 8.16. The smallest absolute Gasteiger partial charge is 0.157 e. The second-order valence-corrected chi connectivity index (χ2v) is 12.5. The molecule has 0 amide bonds. The quantitative estimate of drug-likeness (QED) is 0.570. The van der Waals surface area contributed by atoms with Gasteiger partial charge in [-0.15, -0.1) is 0 Å². The lowest BCUT2D eigenvalue weighted by molar-refractivity contribution is -0.143. The van der Waals surface area contributed by atoms with Crippen LogP contribution in [0, 0.1) is 35.0 Å². The number of aliphatic hydroxyl groups excluding tert-OH is 1. The molecule has 5 rings (SSSR count). The lowest BCUT2D eigenvalue weighted by Gasteiger charge is -2.60. The van der Waals surface area contributed by atoms with Crippen LogP contribution in [0.3, 0.4) is 0 Å². The molecule has 3 saturated carbocycles. The lowest BCUT2D eigenvalue weighted by atomic mass is 9.46. The number of Topliss-reactive ketones (excluding diaryl/α,β-unsaturated/α-hetero) is 1. The van der Waals surface area contributed by atoms with Gasteiger partial charge < -0.3 is 10.2 Å². The number of fused-ring (bicyclic) bond motifs is 4. The summed E-state index contributed by atoms with van der Waals surface area (Å²) < 4.78 is 1.76. The second kappa shape index (κ2) is 9.59. The maximum absolute atomic E-state index is 13.2. The highest BCUT2D eigenvalue weighted by Gasteiger charge is 2.55. The van der Waals surface area contributed by atoms with E-state index < -0.39 is 5.60 Å². The van der Waals surface area contributed by atoms with E-state index in [0.717, 1.165) is 62.3 Å². The minimum absolute atomic E-state index is 0.0367. The number of hydrogen-bond acceptors (Lipinski definition) is 5. The normalized spacial score (nSPS) is 38.0. The van der Waals surface area contributed by atoms with Gasteiger partial charge in [0.2, 0.25) is 0 Å². The molecule has 0 radical (unpaired) electrons. The molecule has 3 aliphatic rings. The number of ketones is 1. The number of rotatable bonds is 7. The highest BCUT2D eigenvalue weighted by molar-refractivity contribution is 5.82. The second-order valence-electron chi connectivity index (χ2n) is 12.5. The van der Waals surface area contributed by atoms with E-state index in [1.54, 1.807) is 17.1 Å². The van der Waals surface area contributed by atoms with Crippen LogP contribution in [-0.2, 0) is 11.3 Å². The van der Waals surface area contributed by atoms with E-state index in [1.807, 2.05) is 19.2 Å². The Morgan fingerprint density at radius 1 is 1.26 bits per heavy atom. The maximum Gasteiger partial charge on any atom is 0.157 e. The van der Waals surface area contributed by atoms with Crippen LogP contribution in [0.15, 0.2) is 24.7 Å². The van der Waals surface area contributed by atoms with Gasteiger partial charge in [0.1, 0.15) is 5.52 Å². The zero-order valence-electron chi connectivity index (χ0n) is 21.7. The average Bonchev–Trinajstić information content (AvgIpc) is 3.22. The Kier molecular flexibility index (Phi) is 6.82. The third-order valence-corrected chi connectivity index (χ3v) is 10.2. The molecule has 6 nitrogen and oxygen atoms in total. The van der Waals surface area contributed by atoms with Gasteiger partial charge in [0.25, 0.3) is 0 Å². The summed E-state index contributed by atoms with van der Waals surface area (Å²) in [6, 6.07) is 1.92. The first-order valence-electron chi connectivity index (χ1n) is 13.9. The summed E-state index contributed by atoms with van der Waals surface area (Å²) in [7, 11) is 0. The largest absolute Gasteiger partial charge is 0.393 e. The minimum Gasteiger partial charge on any atom is -0.393 e. The molecule has 0 aromatic carbocycles. The Morgan fingerprint density at radius 2 is 2.09 bits per heavy atom. The van der Waals surface area contributed by atoms with Gasteiger partial charge in [-0.05, 0) is 106 Å². The number of pyridine rings is 1. The van der Waals surface area contributed by atoms with Crippen LogP contribution in [0.25, 0.3) is 10.9 Å². The number of aliphatic hydroxyl groups is 2. The molecule has 0 spiro atoms. The third-order valence-electron chi connectivity index (χ3n) is 10.2. The summed E-state index contributed by atoms with van der Waals surface area (Å²) in [6.07, 6.45) is 15.0. The maximum atomic E-state index is 13.2. The molecule has 2 aromatic rings. The molecule has 6 heteroatoms. The van der Waals surface area contributed by atoms with Gasteiger partial charge in [-0.1, -0.05) is 13.8 Å². The Bertz CT molecular complexity index is 1020. The van der Waals surface area contributed by atoms with Crippen molar-refractivity contribution in [2.75, 3.05) is 0 Å². The summed E-state index contributed by atoms with van der Waals surface area (Å²) in [5.41, 5.74) is 0.515. The first kappa shape index (κ1) is 24.9. The van der Waals surface area contributed by atoms with E-state index >= 15 is 0 Å². The molecular formula is C29H43N3O3. The van der Waals surface area contributed by atoms with Crippen LogP contribution in [0.4, 0.5) is 0 Å². The van der Waals surface area contributed by atoms with Crippen molar-refractivity contribution in [3.05, 3.63) is 24.7 Å². The topological polar surface area (TPSA) is 88.2 Å². The van der Waals surface area contributed by atoms with Gasteiger partial charge in [-0.25, -0.2) is 0 Å². The number of aromatic nitrogens is 3. The fraction of sp³-hybridized carbons (Fsp3) is 0.759. The van der Waals surface area contributed by atoms with E-state index in [-0.39, 0.29) is 23.2 Å². The van der Waals surface area contributed by atoms with Crippen molar-refractivity contribution in [3.8, 4) is 0 Å². The number of nitrogens with zero attached hydrogens (tertiary/aromatic N) is 3. The van der Waals surface area contributed by atoms with Crippen molar-refractivity contribution >= 4 is 16.7 Å². The first-order valence-corrected chi connectivity index (χ1v) is 13.9. The van der Waals surface area contributed by atoms with Gasteiger partial charge in [0.15, 0.2) is 5.78 Å². The lowest BCUT2D eigenvalue weighted by Crippen LogP contribution is -2.54. The highest BCUT2D eigenvalue weighted by atomic mass is 16.3. The molecule has 192 valence electrons. The van der Waals surface area contributed by atoms with Crippen LogP contribution < -0.4 is 0 Å². The fourth-order valence-corrected chi connectivity index (χ4v) is 8.16. The van der Waals surface area contributed by atoms with Crippen LogP contribution in [0.5, 0.6) is 0 Å². The summed E-state index contributed by atoms with van der Waals surface area (Å²) in [6.45, 7) is 6.87. The SMILES string of the molecule is CC[C@H](CC[C@@H]1C[C@H](O)C[C@H]2[C@H]1CC[C@H]1C[C@](C)(O)CC[C@@]12C)C(=O)Cn1cc2ccncc2n1. The zero-order valence-corrected chi connectivity index (χ0v) is 21.7. The molecule has 2 heterocycles. The molecule has 3 aliphatic carbocycles. The predicted octanol–water partition coefficient (Wildman–Crippen LogP) is 5.16. The molecule has 35 heavy (non-hydrogen) atoms. The Balaban J connectivity index is 1.24. The molecular weight excluding hydrogens is 438 g/mol. The number of carbonyl (C=O) groups is 1. The first-order chi connectivity index (χ1) is 16.7. The van der Waals surface area contributed by atoms with Crippen molar-refractivity contribution in [2.45, 2.75) is 103 Å². The molecule has 0 aliphatic heterocycles. The number of hydrogen-bond donors (Lipinski definition) is 2. The Labute approximate surface area is 209 Å². The van der Waals surface area contributed by atoms with E-state index in [4.69, 9.17) is 0 Å². The summed E-state index contributed by atoms with van der Waals surface area (Å²) in [5, 5.41) is 27.1. The van der Waals surface area contributed by atoms with Gasteiger partial charge in [-0.3, -0.25) is 14.5 Å². The van der Waals surface area contributed by atoms with E-state index in [0.29, 0.717) is 30.2 Å². The van der Waals surface area contributed by atoms with Crippen LogP contribution >= 0.6 is 0 Å². The third kappa shape index (κ3) is 4.93. The predicted molar refractivity (Wildman–Crippen MR) is 137 cm³/mol. The van der Waals surface area contributed by atoms with E-state index in [9.17, 15) is 15.0 Å². The zero-order chi connectivity index (χ0) is 24.8. The van der Waals surface area contributed by atoms with Crippen molar-refractivity contribution in [1.82, 2.24) is 14.8 Å². The van der Waals surface area contributed by atoms with Gasteiger partial charge >= 0.3 is 0 Å². The van der Waals surface area contributed by atoms with E-state index in [1.165, 1.54) is 12.8 Å². The van der Waals surface area contributed by atoms with Gasteiger partial charge in [0.05, 0.1) is 24.4 Å². The van der Waals surface area contributed by atoms with Crippen LogP contribution in [-0.4, -0.2) is 42.5 Å². The Hall–Kier alpha value is -1.79. The molecule has 2 N–H and O–H groups in total. The summed E-state index contributed by atoms with van der Waals surface area (Å²) in [4.78, 5) is 17.3. The van der Waals surface area contributed by atoms with Crippen molar-refractivity contribution in [1.29, 1.82) is 0 Å². The standard InChI is InChI=1S/C29H43N3O3/c1-4-19(27(34)18-32-17-21-9-12-30-16-26(21)31-32)5-6-20-13-23(33)14-25-24(20)8-7-22-15-28(2,35)10-11-29(22,25)3/h9,12,16-17,19-20,22-25,33,35H,4-8,10-11,13-15,18H2,1-3H3/t19-,20-,22+,23+,24+,25+,28-,29+/m1/s1. The van der Waals surface area contributed by atoms with Crippen LogP contribution in [0.2, 0.25) is 0 Å². The molecule has 0 saturated heterocycles. The van der Waals surface area contributed by atoms with Crippen molar-refractivity contribution < 1.29 is 15.0 Å². The Morgan fingerprint density at radius 3 is 2.86 bits per heavy atom. The molecule has 0 bridgehead atoms. The number of carbonyl (C=O) groups excluding carboxylic acids is 1. The molecule has 0 unspecified atom stereocenters. The summed E-state index contributed by atoms with van der Waals surface area (Å²) >= 11 is 0. The van der Waals surface area contributed by atoms with E-state index in [2.05, 4.69) is 23.9 Å². The highest BCUT2D eigenvalue weighted by Crippen LogP contribution is 2.61. The summed E-state index contributed by atoms with van der Waals surface area (Å²) in [5.74, 6) is 2.51. The average molecular weight is 482 g/mol.